The summed E-state index contributed by atoms with van der Waals surface area (Å²) < 4.78 is 5.48. The van der Waals surface area contributed by atoms with E-state index in [-0.39, 0.29) is 18.5 Å². The summed E-state index contributed by atoms with van der Waals surface area (Å²) in [5.74, 6) is -0.0235. The SMILES string of the molecule is CCCC/C=C\C/C=C\CCCCCCCC(=O)OCCCCCCCCCCCCCCCCCCCCCCCCCCCCCCCCC(=O)NC(CO)C(O)CCCCCCCCCCCCCCC. The monoisotopic (exact) mass is 1040 g/mol. The molecule has 6 nitrogen and oxygen atoms in total. The Balaban J connectivity index is 3.32. The molecule has 0 aromatic heterocycles. The Morgan fingerprint density at radius 2 is 0.689 bits per heavy atom. The fourth-order valence-electron chi connectivity index (χ4n) is 10.6. The molecule has 2 atom stereocenters. The van der Waals surface area contributed by atoms with Crippen molar-refractivity contribution < 1.29 is 24.5 Å². The van der Waals surface area contributed by atoms with Gasteiger partial charge in [0.1, 0.15) is 0 Å². The highest BCUT2D eigenvalue weighted by Gasteiger charge is 2.20. The molecule has 0 saturated heterocycles. The van der Waals surface area contributed by atoms with E-state index in [0.29, 0.717) is 25.9 Å². The van der Waals surface area contributed by atoms with Gasteiger partial charge in [0.2, 0.25) is 5.91 Å². The molecule has 0 aliphatic rings. The normalized spacial score (nSPS) is 12.6. The van der Waals surface area contributed by atoms with Crippen LogP contribution in [0.3, 0.4) is 0 Å². The van der Waals surface area contributed by atoms with Crippen LogP contribution in [-0.2, 0) is 14.3 Å². The fourth-order valence-corrected chi connectivity index (χ4v) is 10.6. The van der Waals surface area contributed by atoms with Gasteiger partial charge in [-0.25, -0.2) is 0 Å². The number of carbonyl (C=O) groups is 2. The maximum Gasteiger partial charge on any atom is 0.305 e. The number of unbranched alkanes of at least 4 members (excludes halogenated alkanes) is 48. The molecule has 0 bridgehead atoms. The predicted octanol–water partition coefficient (Wildman–Crippen LogP) is 21.4. The Labute approximate surface area is 462 Å². The first kappa shape index (κ1) is 72.3. The number of ether oxygens (including phenoxy) is 1. The first-order valence-corrected chi connectivity index (χ1v) is 33.6. The quantitative estimate of drug-likeness (QED) is 0.0320. The number of rotatable bonds is 63. The average molecular weight is 1040 g/mol. The summed E-state index contributed by atoms with van der Waals surface area (Å²) in [5.41, 5.74) is 0. The van der Waals surface area contributed by atoms with Crippen LogP contribution in [0.25, 0.3) is 0 Å². The molecule has 2 unspecified atom stereocenters. The lowest BCUT2D eigenvalue weighted by Gasteiger charge is -2.22. The zero-order valence-electron chi connectivity index (χ0n) is 50.1. The van der Waals surface area contributed by atoms with E-state index in [1.165, 1.54) is 289 Å². The van der Waals surface area contributed by atoms with E-state index in [4.69, 9.17) is 4.74 Å². The van der Waals surface area contributed by atoms with Gasteiger partial charge in [-0.1, -0.05) is 334 Å². The molecule has 0 saturated carbocycles. The van der Waals surface area contributed by atoms with Crippen molar-refractivity contribution in [1.82, 2.24) is 5.32 Å². The summed E-state index contributed by atoms with van der Waals surface area (Å²) in [6.45, 7) is 4.93. The highest BCUT2D eigenvalue weighted by molar-refractivity contribution is 5.76. The fraction of sp³-hybridized carbons (Fsp3) is 0.912. The zero-order chi connectivity index (χ0) is 53.6. The summed E-state index contributed by atoms with van der Waals surface area (Å²) in [6, 6.07) is -0.537. The largest absolute Gasteiger partial charge is 0.466 e. The van der Waals surface area contributed by atoms with Crippen LogP contribution in [0.15, 0.2) is 24.3 Å². The minimum absolute atomic E-state index is 0.00579. The Morgan fingerprint density at radius 3 is 1.07 bits per heavy atom. The van der Waals surface area contributed by atoms with Gasteiger partial charge in [0.25, 0.3) is 0 Å². The Bertz CT molecular complexity index is 1150. The standard InChI is InChI=1S/C68H131NO5/c1-3-5-7-9-11-13-15-17-38-42-46-50-54-58-62-68(73)74-63-59-55-51-47-43-39-35-33-31-29-27-25-23-21-19-18-20-22-24-26-28-30-32-34-37-41-45-49-53-57-61-67(72)69-65(64-70)66(71)60-56-52-48-44-40-36-16-14-12-10-8-6-4-2/h9,11,15,17,65-66,70-71H,3-8,10,12-14,16,18-64H2,1-2H3,(H,69,72)/b11-9-,17-15-. The molecule has 0 fully saturated rings. The number of hydrogen-bond donors (Lipinski definition) is 3. The van der Waals surface area contributed by atoms with E-state index in [9.17, 15) is 19.8 Å². The molecule has 0 rings (SSSR count). The molecule has 0 aromatic rings. The predicted molar refractivity (Wildman–Crippen MR) is 324 cm³/mol. The van der Waals surface area contributed by atoms with Crippen molar-refractivity contribution in [3.05, 3.63) is 24.3 Å². The van der Waals surface area contributed by atoms with Crippen LogP contribution in [0.1, 0.15) is 373 Å². The molecule has 0 spiro atoms. The number of allylic oxidation sites excluding steroid dienone is 4. The lowest BCUT2D eigenvalue weighted by Crippen LogP contribution is -2.45. The molecule has 74 heavy (non-hydrogen) atoms. The van der Waals surface area contributed by atoms with E-state index in [0.717, 1.165) is 51.4 Å². The first-order chi connectivity index (χ1) is 36.5. The Morgan fingerprint density at radius 1 is 0.378 bits per heavy atom. The zero-order valence-corrected chi connectivity index (χ0v) is 50.1. The molecule has 0 aliphatic heterocycles. The number of hydrogen-bond acceptors (Lipinski definition) is 5. The van der Waals surface area contributed by atoms with Gasteiger partial charge in [0, 0.05) is 12.8 Å². The van der Waals surface area contributed by atoms with Gasteiger partial charge in [0.15, 0.2) is 0 Å². The van der Waals surface area contributed by atoms with E-state index in [2.05, 4.69) is 43.5 Å². The van der Waals surface area contributed by atoms with Crippen molar-refractivity contribution in [3.63, 3.8) is 0 Å². The second-order valence-electron chi connectivity index (χ2n) is 23.2. The van der Waals surface area contributed by atoms with E-state index in [1.54, 1.807) is 0 Å². The van der Waals surface area contributed by atoms with Crippen LogP contribution < -0.4 is 5.32 Å². The van der Waals surface area contributed by atoms with Crippen LogP contribution in [0.5, 0.6) is 0 Å². The maximum atomic E-state index is 12.5. The van der Waals surface area contributed by atoms with Gasteiger partial charge in [0.05, 0.1) is 25.4 Å². The third kappa shape index (κ3) is 59.6. The van der Waals surface area contributed by atoms with Crippen LogP contribution in [0.4, 0.5) is 0 Å². The Hall–Kier alpha value is -1.66. The summed E-state index contributed by atoms with van der Waals surface area (Å²) in [5, 5.41) is 23.3. The summed E-state index contributed by atoms with van der Waals surface area (Å²) in [4.78, 5) is 24.5. The lowest BCUT2D eigenvalue weighted by molar-refractivity contribution is -0.143. The van der Waals surface area contributed by atoms with Gasteiger partial charge in [-0.15, -0.1) is 0 Å². The molecule has 0 aromatic carbocycles. The number of aliphatic hydroxyl groups excluding tert-OH is 2. The van der Waals surface area contributed by atoms with Crippen molar-refractivity contribution in [2.75, 3.05) is 13.2 Å². The molecule has 0 radical (unpaired) electrons. The number of carbonyl (C=O) groups excluding carboxylic acids is 2. The first-order valence-electron chi connectivity index (χ1n) is 33.6. The number of amides is 1. The van der Waals surface area contributed by atoms with Gasteiger partial charge in [-0.05, 0) is 51.4 Å². The smallest absolute Gasteiger partial charge is 0.305 e. The van der Waals surface area contributed by atoms with Crippen molar-refractivity contribution in [1.29, 1.82) is 0 Å². The maximum absolute atomic E-state index is 12.5. The number of nitrogens with one attached hydrogen (secondary N) is 1. The van der Waals surface area contributed by atoms with Crippen LogP contribution in [0.2, 0.25) is 0 Å². The van der Waals surface area contributed by atoms with Crippen molar-refractivity contribution in [2.24, 2.45) is 0 Å². The molecule has 0 heterocycles. The van der Waals surface area contributed by atoms with Crippen molar-refractivity contribution in [2.45, 2.75) is 386 Å². The second-order valence-corrected chi connectivity index (χ2v) is 23.2. The third-order valence-corrected chi connectivity index (χ3v) is 15.8. The van der Waals surface area contributed by atoms with Crippen LogP contribution in [0, 0.1) is 0 Å². The minimum Gasteiger partial charge on any atom is -0.466 e. The number of aliphatic hydroxyl groups is 2. The molecule has 1 amide bonds. The molecular weight excluding hydrogens is 911 g/mol. The average Bonchev–Trinajstić information content (AvgIpc) is 3.40. The molecule has 438 valence electrons. The van der Waals surface area contributed by atoms with Gasteiger partial charge in [-0.3, -0.25) is 9.59 Å². The van der Waals surface area contributed by atoms with Crippen molar-refractivity contribution in [3.8, 4) is 0 Å². The van der Waals surface area contributed by atoms with E-state index < -0.39 is 12.1 Å². The molecular formula is C68H131NO5. The van der Waals surface area contributed by atoms with Gasteiger partial charge in [-0.2, -0.15) is 0 Å². The van der Waals surface area contributed by atoms with Gasteiger partial charge >= 0.3 is 5.97 Å². The highest BCUT2D eigenvalue weighted by Crippen LogP contribution is 2.19. The third-order valence-electron chi connectivity index (χ3n) is 15.8. The minimum atomic E-state index is -0.660. The lowest BCUT2D eigenvalue weighted by atomic mass is 10.0. The number of esters is 1. The molecule has 6 heteroatoms. The summed E-state index contributed by atoms with van der Waals surface area (Å²) in [6.07, 6.45) is 79.3. The van der Waals surface area contributed by atoms with Crippen LogP contribution >= 0.6 is 0 Å². The second kappa shape index (κ2) is 63.9. The van der Waals surface area contributed by atoms with E-state index in [1.807, 2.05) is 0 Å². The Kier molecular flexibility index (Phi) is 62.4. The van der Waals surface area contributed by atoms with Crippen molar-refractivity contribution >= 4 is 11.9 Å². The van der Waals surface area contributed by atoms with Crippen LogP contribution in [-0.4, -0.2) is 47.4 Å². The molecule has 3 N–H and O–H groups in total. The highest BCUT2D eigenvalue weighted by atomic mass is 16.5. The summed E-state index contributed by atoms with van der Waals surface area (Å²) >= 11 is 0. The molecule has 0 aliphatic carbocycles. The van der Waals surface area contributed by atoms with Gasteiger partial charge < -0.3 is 20.3 Å². The summed E-state index contributed by atoms with van der Waals surface area (Å²) in [7, 11) is 0. The van der Waals surface area contributed by atoms with E-state index >= 15 is 0 Å². The topological polar surface area (TPSA) is 95.9 Å².